The van der Waals surface area contributed by atoms with E-state index in [4.69, 9.17) is 20.8 Å². The summed E-state index contributed by atoms with van der Waals surface area (Å²) in [6.45, 7) is 1.15. The number of hydrogen-bond acceptors (Lipinski definition) is 4. The molecule has 0 saturated heterocycles. The van der Waals surface area contributed by atoms with Crippen LogP contribution in [-0.4, -0.2) is 18.3 Å². The van der Waals surface area contributed by atoms with Gasteiger partial charge in [0.05, 0.1) is 29.3 Å². The van der Waals surface area contributed by atoms with Crippen molar-refractivity contribution in [2.24, 2.45) is 4.99 Å². The molecule has 0 radical (unpaired) electrons. The molecule has 2 heterocycles. The second kappa shape index (κ2) is 7.12. The molecule has 0 N–H and O–H groups in total. The van der Waals surface area contributed by atoms with Crippen LogP contribution in [-0.2, 0) is 11.3 Å². The molecule has 3 rings (SSSR count). The Balaban J connectivity index is 2.07. The molecule has 0 spiro atoms. The molecular weight excluding hydrogens is 339 g/mol. The van der Waals surface area contributed by atoms with Gasteiger partial charge in [-0.05, 0) is 24.3 Å². The summed E-state index contributed by atoms with van der Waals surface area (Å²) in [5, 5.41) is 2.04. The first-order chi connectivity index (χ1) is 11.2. The first-order valence-corrected chi connectivity index (χ1v) is 8.15. The van der Waals surface area contributed by atoms with Gasteiger partial charge in [-0.15, -0.1) is 11.3 Å². The summed E-state index contributed by atoms with van der Waals surface area (Å²) in [5.74, 6) is 0.264. The van der Waals surface area contributed by atoms with Gasteiger partial charge in [0.25, 0.3) is 0 Å². The van der Waals surface area contributed by atoms with Crippen LogP contribution in [0.1, 0.15) is 0 Å². The number of halogens is 2. The SMILES string of the molecule is COCCn1c(-c2ccco2)csc1=Nc1ccc(Cl)c(F)c1. The summed E-state index contributed by atoms with van der Waals surface area (Å²) in [4.78, 5) is 5.24. The summed E-state index contributed by atoms with van der Waals surface area (Å²) in [6.07, 6.45) is 1.62. The van der Waals surface area contributed by atoms with E-state index in [9.17, 15) is 4.39 Å². The maximum Gasteiger partial charge on any atom is 0.190 e. The van der Waals surface area contributed by atoms with E-state index in [1.165, 1.54) is 23.5 Å². The van der Waals surface area contributed by atoms with Gasteiger partial charge < -0.3 is 13.7 Å². The van der Waals surface area contributed by atoms with E-state index in [0.717, 1.165) is 16.3 Å². The van der Waals surface area contributed by atoms with Gasteiger partial charge in [0, 0.05) is 25.1 Å². The Hall–Kier alpha value is -1.89. The van der Waals surface area contributed by atoms with E-state index >= 15 is 0 Å². The fraction of sp³-hybridized carbons (Fsp3) is 0.188. The number of thiazole rings is 1. The lowest BCUT2D eigenvalue weighted by atomic mass is 10.3. The molecular formula is C16H14ClFN2O2S. The molecule has 0 aliphatic rings. The fourth-order valence-corrected chi connectivity index (χ4v) is 3.16. The number of furan rings is 1. The van der Waals surface area contributed by atoms with Crippen molar-refractivity contribution in [2.45, 2.75) is 6.54 Å². The van der Waals surface area contributed by atoms with E-state index in [1.807, 2.05) is 22.1 Å². The van der Waals surface area contributed by atoms with Crippen LogP contribution >= 0.6 is 22.9 Å². The Kier molecular flexibility index (Phi) is 4.95. The predicted molar refractivity (Wildman–Crippen MR) is 88.5 cm³/mol. The monoisotopic (exact) mass is 352 g/mol. The Morgan fingerprint density at radius 2 is 2.26 bits per heavy atom. The quantitative estimate of drug-likeness (QED) is 0.679. The van der Waals surface area contributed by atoms with Crippen molar-refractivity contribution in [3.63, 3.8) is 0 Å². The summed E-state index contributed by atoms with van der Waals surface area (Å²) in [7, 11) is 1.64. The maximum absolute atomic E-state index is 13.6. The molecule has 0 atom stereocenters. The number of ether oxygens (including phenoxy) is 1. The largest absolute Gasteiger partial charge is 0.463 e. The summed E-state index contributed by atoms with van der Waals surface area (Å²) in [5.41, 5.74) is 1.41. The number of benzene rings is 1. The van der Waals surface area contributed by atoms with Crippen molar-refractivity contribution >= 4 is 28.6 Å². The minimum atomic E-state index is -0.487. The molecule has 0 aliphatic heterocycles. The fourth-order valence-electron chi connectivity index (χ4n) is 2.10. The van der Waals surface area contributed by atoms with Crippen LogP contribution in [0.15, 0.2) is 51.4 Å². The van der Waals surface area contributed by atoms with Gasteiger partial charge in [-0.2, -0.15) is 0 Å². The highest BCUT2D eigenvalue weighted by Gasteiger charge is 2.10. The van der Waals surface area contributed by atoms with Gasteiger partial charge >= 0.3 is 0 Å². The zero-order valence-corrected chi connectivity index (χ0v) is 13.9. The van der Waals surface area contributed by atoms with Gasteiger partial charge in [-0.3, -0.25) is 0 Å². The minimum Gasteiger partial charge on any atom is -0.463 e. The molecule has 2 aromatic heterocycles. The zero-order valence-electron chi connectivity index (χ0n) is 12.3. The number of aromatic nitrogens is 1. The molecule has 23 heavy (non-hydrogen) atoms. The van der Waals surface area contributed by atoms with Gasteiger partial charge in [0.15, 0.2) is 10.6 Å². The molecule has 0 unspecified atom stereocenters. The summed E-state index contributed by atoms with van der Waals surface area (Å²) in [6, 6.07) is 8.21. The van der Waals surface area contributed by atoms with Crippen molar-refractivity contribution in [2.75, 3.05) is 13.7 Å². The number of hydrogen-bond donors (Lipinski definition) is 0. The highest BCUT2D eigenvalue weighted by Crippen LogP contribution is 2.23. The maximum atomic E-state index is 13.6. The predicted octanol–water partition coefficient (Wildman–Crippen LogP) is 4.48. The third-order valence-electron chi connectivity index (χ3n) is 3.22. The Morgan fingerprint density at radius 3 is 2.96 bits per heavy atom. The van der Waals surface area contributed by atoms with Crippen LogP contribution in [0.4, 0.5) is 10.1 Å². The lowest BCUT2D eigenvalue weighted by Gasteiger charge is -2.06. The molecule has 3 aromatic rings. The van der Waals surface area contributed by atoms with Crippen molar-refractivity contribution in [1.29, 1.82) is 0 Å². The van der Waals surface area contributed by atoms with Gasteiger partial charge in [0.2, 0.25) is 0 Å². The Bertz CT molecular complexity index is 855. The van der Waals surface area contributed by atoms with Crippen LogP contribution in [0.2, 0.25) is 5.02 Å². The molecule has 0 aliphatic carbocycles. The average Bonchev–Trinajstić information content (AvgIpc) is 3.18. The van der Waals surface area contributed by atoms with Gasteiger partial charge in [0.1, 0.15) is 5.82 Å². The van der Waals surface area contributed by atoms with Crippen molar-refractivity contribution in [3.8, 4) is 11.5 Å². The van der Waals surface area contributed by atoms with Crippen LogP contribution in [0.3, 0.4) is 0 Å². The average molecular weight is 353 g/mol. The van der Waals surface area contributed by atoms with Gasteiger partial charge in [-0.1, -0.05) is 11.6 Å². The van der Waals surface area contributed by atoms with E-state index in [-0.39, 0.29) is 5.02 Å². The lowest BCUT2D eigenvalue weighted by molar-refractivity contribution is 0.187. The number of methoxy groups -OCH3 is 1. The summed E-state index contributed by atoms with van der Waals surface area (Å²) >= 11 is 7.16. The molecule has 0 amide bonds. The first kappa shape index (κ1) is 16.0. The second-order valence-electron chi connectivity index (χ2n) is 4.74. The molecule has 0 saturated carbocycles. The first-order valence-electron chi connectivity index (χ1n) is 6.90. The molecule has 4 nitrogen and oxygen atoms in total. The van der Waals surface area contributed by atoms with Gasteiger partial charge in [-0.25, -0.2) is 9.38 Å². The van der Waals surface area contributed by atoms with Crippen molar-refractivity contribution in [1.82, 2.24) is 4.57 Å². The van der Waals surface area contributed by atoms with Crippen molar-refractivity contribution < 1.29 is 13.5 Å². The highest BCUT2D eigenvalue weighted by atomic mass is 35.5. The van der Waals surface area contributed by atoms with E-state index in [1.54, 1.807) is 19.4 Å². The molecule has 0 bridgehead atoms. The standard InChI is InChI=1S/C16H14ClFN2O2S/c1-21-8-6-20-14(15-3-2-7-22-15)10-23-16(20)19-11-4-5-12(17)13(18)9-11/h2-5,7,9-10H,6,8H2,1H3. The third-order valence-corrected chi connectivity index (χ3v) is 4.39. The van der Waals surface area contributed by atoms with E-state index in [2.05, 4.69) is 4.99 Å². The Labute approximate surface area is 141 Å². The smallest absolute Gasteiger partial charge is 0.190 e. The van der Waals surface area contributed by atoms with Crippen LogP contribution in [0.5, 0.6) is 0 Å². The number of rotatable bonds is 5. The normalized spacial score (nSPS) is 12.0. The summed E-state index contributed by atoms with van der Waals surface area (Å²) < 4.78 is 26.2. The van der Waals surface area contributed by atoms with Crippen LogP contribution < -0.4 is 4.80 Å². The Morgan fingerprint density at radius 1 is 1.39 bits per heavy atom. The van der Waals surface area contributed by atoms with E-state index < -0.39 is 5.82 Å². The molecule has 1 aromatic carbocycles. The highest BCUT2D eigenvalue weighted by molar-refractivity contribution is 7.07. The molecule has 0 fully saturated rings. The zero-order chi connectivity index (χ0) is 16.2. The molecule has 120 valence electrons. The number of nitrogens with zero attached hydrogens (tertiary/aromatic N) is 2. The minimum absolute atomic E-state index is 0.0821. The third kappa shape index (κ3) is 3.55. The second-order valence-corrected chi connectivity index (χ2v) is 5.98. The molecule has 7 heteroatoms. The van der Waals surface area contributed by atoms with Crippen LogP contribution in [0.25, 0.3) is 11.5 Å². The lowest BCUT2D eigenvalue weighted by Crippen LogP contribution is -2.18. The van der Waals surface area contributed by atoms with Crippen LogP contribution in [0, 0.1) is 5.82 Å². The van der Waals surface area contributed by atoms with Crippen molar-refractivity contribution in [3.05, 3.63) is 57.6 Å². The van der Waals surface area contributed by atoms with E-state index in [0.29, 0.717) is 18.8 Å². The topological polar surface area (TPSA) is 39.7 Å².